The van der Waals surface area contributed by atoms with Gasteiger partial charge in [0.05, 0.1) is 6.54 Å². The first kappa shape index (κ1) is 25.5. The molecule has 0 bridgehead atoms. The Morgan fingerprint density at radius 3 is 2.44 bits per heavy atom. The number of nitrogens with one attached hydrogen (secondary N) is 2. The molecular weight excluding hydrogens is 436 g/mol. The van der Waals surface area contributed by atoms with Crippen LogP contribution in [0.3, 0.4) is 0 Å². The lowest BCUT2D eigenvalue weighted by atomic mass is 9.84. The molecule has 176 valence electrons. The molecule has 4 amide bonds. The topological polar surface area (TPSA) is 131 Å². The fourth-order valence-corrected chi connectivity index (χ4v) is 3.79. The molecule has 2 rings (SSSR count). The van der Waals surface area contributed by atoms with Gasteiger partial charge in [-0.3, -0.25) is 24.8 Å². The Labute approximate surface area is 192 Å². The van der Waals surface area contributed by atoms with Crippen LogP contribution < -0.4 is 16.5 Å². The second-order valence-electron chi connectivity index (χ2n) is 7.87. The van der Waals surface area contributed by atoms with Gasteiger partial charge in [0.1, 0.15) is 18.5 Å². The number of hydrogen-bond donors (Lipinski definition) is 3. The van der Waals surface area contributed by atoms with E-state index in [9.17, 15) is 19.2 Å². The van der Waals surface area contributed by atoms with E-state index in [-0.39, 0.29) is 31.4 Å². The third kappa shape index (κ3) is 9.13. The predicted molar refractivity (Wildman–Crippen MR) is 119 cm³/mol. The molecule has 1 unspecified atom stereocenters. The number of nitrogens with zero attached hydrogens (tertiary/aromatic N) is 1. The molecule has 32 heavy (non-hydrogen) atoms. The molecule has 1 aliphatic rings. The van der Waals surface area contributed by atoms with E-state index < -0.39 is 29.9 Å². The van der Waals surface area contributed by atoms with Gasteiger partial charge >= 0.3 is 6.09 Å². The Hall–Kier alpha value is -2.81. The highest BCUT2D eigenvalue weighted by atomic mass is 35.5. The molecule has 9 nitrogen and oxygen atoms in total. The Bertz CT molecular complexity index is 771. The summed E-state index contributed by atoms with van der Waals surface area (Å²) in [7, 11) is 0. The average molecular weight is 467 g/mol. The van der Waals surface area contributed by atoms with E-state index in [1.165, 1.54) is 0 Å². The maximum absolute atomic E-state index is 13.0. The summed E-state index contributed by atoms with van der Waals surface area (Å²) in [6.45, 7) is -0.0405. The summed E-state index contributed by atoms with van der Waals surface area (Å²) in [6.07, 6.45) is 4.81. The van der Waals surface area contributed by atoms with Crippen LogP contribution in [0.2, 0.25) is 0 Å². The molecule has 1 saturated carbocycles. The highest BCUT2D eigenvalue weighted by Crippen LogP contribution is 2.27. The number of primary amides is 1. The van der Waals surface area contributed by atoms with Gasteiger partial charge < -0.3 is 15.8 Å². The third-order valence-corrected chi connectivity index (χ3v) is 5.59. The van der Waals surface area contributed by atoms with Gasteiger partial charge in [0.2, 0.25) is 5.91 Å². The Morgan fingerprint density at radius 1 is 1.12 bits per heavy atom. The molecule has 0 saturated heterocycles. The highest BCUT2D eigenvalue weighted by molar-refractivity contribution is 6.27. The van der Waals surface area contributed by atoms with E-state index in [0.29, 0.717) is 6.42 Å². The maximum atomic E-state index is 13.0. The van der Waals surface area contributed by atoms with Crippen LogP contribution in [0.25, 0.3) is 0 Å². The lowest BCUT2D eigenvalue weighted by molar-refractivity contribution is -0.141. The summed E-state index contributed by atoms with van der Waals surface area (Å²) >= 11 is 5.62. The average Bonchev–Trinajstić information content (AvgIpc) is 2.80. The van der Waals surface area contributed by atoms with Crippen molar-refractivity contribution < 1.29 is 23.9 Å². The van der Waals surface area contributed by atoms with E-state index >= 15 is 0 Å². The van der Waals surface area contributed by atoms with Crippen LogP contribution in [0.5, 0.6) is 0 Å². The third-order valence-electron chi connectivity index (χ3n) is 5.36. The Morgan fingerprint density at radius 2 is 1.81 bits per heavy atom. The number of ether oxygens (including phenoxy) is 1. The number of halogens is 1. The van der Waals surface area contributed by atoms with Crippen LogP contribution in [-0.4, -0.2) is 47.3 Å². The van der Waals surface area contributed by atoms with E-state index in [1.54, 1.807) is 0 Å². The summed E-state index contributed by atoms with van der Waals surface area (Å²) in [4.78, 5) is 48.5. The molecule has 1 aromatic rings. The van der Waals surface area contributed by atoms with Crippen molar-refractivity contribution in [2.24, 2.45) is 11.7 Å². The summed E-state index contributed by atoms with van der Waals surface area (Å²) in [5.41, 5.74) is 8.44. The normalized spacial score (nSPS) is 14.8. The molecule has 0 heterocycles. The number of alkyl halides is 1. The van der Waals surface area contributed by atoms with Gasteiger partial charge in [-0.2, -0.15) is 0 Å². The number of hydrazine groups is 1. The minimum atomic E-state index is -0.902. The number of carbonyl (C=O) groups is 4. The lowest BCUT2D eigenvalue weighted by Gasteiger charge is -2.29. The van der Waals surface area contributed by atoms with E-state index in [2.05, 4.69) is 10.7 Å². The number of nitrogens with two attached hydrogens (primary N) is 1. The van der Waals surface area contributed by atoms with Crippen molar-refractivity contribution in [2.75, 3.05) is 12.4 Å². The number of hydrogen-bond acceptors (Lipinski definition) is 5. The van der Waals surface area contributed by atoms with Crippen molar-refractivity contribution in [1.82, 2.24) is 15.8 Å². The van der Waals surface area contributed by atoms with Gasteiger partial charge in [-0.05, 0) is 17.9 Å². The summed E-state index contributed by atoms with van der Waals surface area (Å²) in [5, 5.41) is 3.59. The van der Waals surface area contributed by atoms with E-state index in [4.69, 9.17) is 22.1 Å². The molecule has 0 aliphatic heterocycles. The van der Waals surface area contributed by atoms with E-state index in [1.807, 2.05) is 30.3 Å². The molecule has 1 aliphatic carbocycles. The van der Waals surface area contributed by atoms with Gasteiger partial charge in [0.25, 0.3) is 11.8 Å². The van der Waals surface area contributed by atoms with Gasteiger partial charge in [-0.15, -0.1) is 11.6 Å². The fourth-order valence-electron chi connectivity index (χ4n) is 3.64. The first-order valence-electron chi connectivity index (χ1n) is 10.8. The van der Waals surface area contributed by atoms with Crippen LogP contribution in [0, 0.1) is 5.92 Å². The number of benzene rings is 1. The lowest BCUT2D eigenvalue weighted by Crippen LogP contribution is -2.55. The minimum absolute atomic E-state index is 0.0694. The zero-order valence-corrected chi connectivity index (χ0v) is 18.8. The van der Waals surface area contributed by atoms with Crippen LogP contribution >= 0.6 is 11.6 Å². The van der Waals surface area contributed by atoms with Crippen LogP contribution in [0.15, 0.2) is 30.3 Å². The number of alkyl carbamates (subject to hydrolysis) is 1. The number of amides is 4. The maximum Gasteiger partial charge on any atom is 0.408 e. The molecule has 0 spiro atoms. The van der Waals surface area contributed by atoms with Gasteiger partial charge in [-0.1, -0.05) is 62.4 Å². The number of rotatable bonds is 10. The summed E-state index contributed by atoms with van der Waals surface area (Å²) < 4.78 is 5.26. The first-order chi connectivity index (χ1) is 15.4. The monoisotopic (exact) mass is 466 g/mol. The largest absolute Gasteiger partial charge is 0.445 e. The fraction of sp³-hybridized carbons (Fsp3) is 0.545. The van der Waals surface area contributed by atoms with Crippen molar-refractivity contribution in [2.45, 2.75) is 57.6 Å². The second-order valence-corrected chi connectivity index (χ2v) is 8.14. The SMILES string of the molecule is NC(=O)CCN(NC(=O)C(CC1CCCCC1)NC(=O)OCc1ccccc1)C(=O)CCl. The van der Waals surface area contributed by atoms with Crippen molar-refractivity contribution in [3.8, 4) is 0 Å². The Kier molecular flexibility index (Phi) is 10.8. The molecule has 1 aromatic carbocycles. The molecule has 10 heteroatoms. The summed E-state index contributed by atoms with van der Waals surface area (Å²) in [6, 6.07) is 8.29. The highest BCUT2D eigenvalue weighted by Gasteiger charge is 2.28. The smallest absolute Gasteiger partial charge is 0.408 e. The van der Waals surface area contributed by atoms with E-state index in [0.717, 1.165) is 42.7 Å². The van der Waals surface area contributed by atoms with Crippen molar-refractivity contribution in [1.29, 1.82) is 0 Å². The zero-order valence-electron chi connectivity index (χ0n) is 18.1. The molecule has 4 N–H and O–H groups in total. The zero-order chi connectivity index (χ0) is 23.3. The quantitative estimate of drug-likeness (QED) is 0.359. The van der Waals surface area contributed by atoms with Crippen molar-refractivity contribution in [3.63, 3.8) is 0 Å². The molecular formula is C22H31ClN4O5. The van der Waals surface area contributed by atoms with Gasteiger partial charge in [0.15, 0.2) is 0 Å². The molecule has 0 aromatic heterocycles. The standard InChI is InChI=1S/C22H31ClN4O5/c23-14-20(29)27(12-11-19(24)28)26-21(30)18(13-16-7-3-1-4-8-16)25-22(31)32-15-17-9-5-2-6-10-17/h2,5-6,9-10,16,18H,1,3-4,7-8,11-15H2,(H2,24,28)(H,25,31)(H,26,30). The van der Waals surface area contributed by atoms with Crippen LogP contribution in [0.1, 0.15) is 50.5 Å². The number of carbonyl (C=O) groups excluding carboxylic acids is 4. The second kappa shape index (κ2) is 13.6. The minimum Gasteiger partial charge on any atom is -0.445 e. The molecule has 1 atom stereocenters. The molecule has 1 fully saturated rings. The predicted octanol–water partition coefficient (Wildman–Crippen LogP) is 2.23. The van der Waals surface area contributed by atoms with Crippen molar-refractivity contribution >= 4 is 35.4 Å². The molecule has 0 radical (unpaired) electrons. The Balaban J connectivity index is 2.02. The summed E-state index contributed by atoms with van der Waals surface area (Å²) in [5.74, 6) is -1.87. The van der Waals surface area contributed by atoms with Crippen LogP contribution in [-0.2, 0) is 25.7 Å². The first-order valence-corrected chi connectivity index (χ1v) is 11.3. The van der Waals surface area contributed by atoms with Gasteiger partial charge in [-0.25, -0.2) is 4.79 Å². The van der Waals surface area contributed by atoms with Crippen molar-refractivity contribution in [3.05, 3.63) is 35.9 Å². The van der Waals surface area contributed by atoms with Gasteiger partial charge in [0, 0.05) is 6.42 Å². The van der Waals surface area contributed by atoms with Crippen LogP contribution in [0.4, 0.5) is 4.79 Å².